The number of hydrogen-bond acceptors (Lipinski definition) is 2. The van der Waals surface area contributed by atoms with Crippen LogP contribution in [0.25, 0.3) is 5.69 Å². The molecule has 112 valence electrons. The van der Waals surface area contributed by atoms with Gasteiger partial charge in [0.25, 0.3) is 0 Å². The Labute approximate surface area is 127 Å². The first kappa shape index (κ1) is 14.3. The molecule has 1 saturated carbocycles. The van der Waals surface area contributed by atoms with E-state index < -0.39 is 0 Å². The number of rotatable bonds is 5. The first-order valence-corrected chi connectivity index (χ1v) is 7.92. The standard InChI is InChI=1S/C18H25N3/c1-12-5-8-18(13(2)11-12)21-15(4)17(14(3)20-21)9-10-19-16-6-7-16/h5,8,11,16,19H,6-7,9-10H2,1-4H3. The summed E-state index contributed by atoms with van der Waals surface area (Å²) >= 11 is 0. The second-order valence-electron chi connectivity index (χ2n) is 6.33. The van der Waals surface area contributed by atoms with Gasteiger partial charge >= 0.3 is 0 Å². The number of benzene rings is 1. The molecule has 1 aliphatic rings. The molecular formula is C18H25N3. The first-order chi connectivity index (χ1) is 10.1. The van der Waals surface area contributed by atoms with Crippen LogP contribution in [0.15, 0.2) is 18.2 Å². The smallest absolute Gasteiger partial charge is 0.0678 e. The molecule has 3 rings (SSSR count). The zero-order valence-electron chi connectivity index (χ0n) is 13.5. The van der Waals surface area contributed by atoms with Gasteiger partial charge < -0.3 is 5.32 Å². The number of aromatic nitrogens is 2. The van der Waals surface area contributed by atoms with Crippen LogP contribution in [-0.4, -0.2) is 22.4 Å². The average molecular weight is 283 g/mol. The van der Waals surface area contributed by atoms with Crippen LogP contribution < -0.4 is 5.32 Å². The number of aryl methyl sites for hydroxylation is 3. The highest BCUT2D eigenvalue weighted by Crippen LogP contribution is 2.22. The van der Waals surface area contributed by atoms with Crippen LogP contribution in [0.5, 0.6) is 0 Å². The summed E-state index contributed by atoms with van der Waals surface area (Å²) in [5.74, 6) is 0. The van der Waals surface area contributed by atoms with E-state index in [1.807, 2.05) is 0 Å². The Bertz CT molecular complexity index is 651. The molecule has 0 unspecified atom stereocenters. The third-order valence-corrected chi connectivity index (χ3v) is 4.41. The van der Waals surface area contributed by atoms with Crippen LogP contribution >= 0.6 is 0 Å². The molecule has 1 heterocycles. The van der Waals surface area contributed by atoms with Crippen molar-refractivity contribution in [3.05, 3.63) is 46.3 Å². The Morgan fingerprint density at radius 3 is 2.62 bits per heavy atom. The van der Waals surface area contributed by atoms with E-state index in [0.29, 0.717) is 0 Å². The lowest BCUT2D eigenvalue weighted by molar-refractivity contribution is 0.679. The minimum Gasteiger partial charge on any atom is -0.314 e. The van der Waals surface area contributed by atoms with E-state index in [-0.39, 0.29) is 0 Å². The molecule has 1 N–H and O–H groups in total. The normalized spacial score (nSPS) is 14.7. The molecule has 1 aromatic heterocycles. The average Bonchev–Trinajstić information content (AvgIpc) is 3.20. The van der Waals surface area contributed by atoms with Gasteiger partial charge in [-0.25, -0.2) is 4.68 Å². The van der Waals surface area contributed by atoms with Gasteiger partial charge in [-0.3, -0.25) is 0 Å². The molecule has 0 aliphatic heterocycles. The van der Waals surface area contributed by atoms with Crippen molar-refractivity contribution in [1.82, 2.24) is 15.1 Å². The summed E-state index contributed by atoms with van der Waals surface area (Å²) in [6.45, 7) is 9.66. The Kier molecular flexibility index (Phi) is 3.85. The van der Waals surface area contributed by atoms with Crippen LogP contribution in [0.3, 0.4) is 0 Å². The Hall–Kier alpha value is -1.61. The highest BCUT2D eigenvalue weighted by Gasteiger charge is 2.20. The van der Waals surface area contributed by atoms with Gasteiger partial charge in [0.05, 0.1) is 11.4 Å². The highest BCUT2D eigenvalue weighted by atomic mass is 15.3. The summed E-state index contributed by atoms with van der Waals surface area (Å²) in [6.07, 6.45) is 3.76. The first-order valence-electron chi connectivity index (χ1n) is 7.92. The topological polar surface area (TPSA) is 29.9 Å². The van der Waals surface area contributed by atoms with E-state index in [1.165, 1.54) is 40.9 Å². The maximum absolute atomic E-state index is 4.77. The van der Waals surface area contributed by atoms with Crippen LogP contribution in [0.4, 0.5) is 0 Å². The lowest BCUT2D eigenvalue weighted by Gasteiger charge is -2.10. The third kappa shape index (κ3) is 3.03. The molecule has 1 aromatic carbocycles. The van der Waals surface area contributed by atoms with E-state index in [9.17, 15) is 0 Å². The molecule has 3 heteroatoms. The Balaban J connectivity index is 1.85. The molecule has 1 fully saturated rings. The monoisotopic (exact) mass is 283 g/mol. The Morgan fingerprint density at radius 2 is 1.95 bits per heavy atom. The minimum absolute atomic E-state index is 0.778. The number of hydrogen-bond donors (Lipinski definition) is 1. The molecule has 21 heavy (non-hydrogen) atoms. The number of nitrogens with one attached hydrogen (secondary N) is 1. The molecule has 0 bridgehead atoms. The minimum atomic E-state index is 0.778. The van der Waals surface area contributed by atoms with Crippen molar-refractivity contribution in [2.75, 3.05) is 6.54 Å². The van der Waals surface area contributed by atoms with Crippen molar-refractivity contribution < 1.29 is 0 Å². The lowest BCUT2D eigenvalue weighted by Crippen LogP contribution is -2.19. The second-order valence-corrected chi connectivity index (χ2v) is 6.33. The molecule has 0 saturated heterocycles. The third-order valence-electron chi connectivity index (χ3n) is 4.41. The molecular weight excluding hydrogens is 258 g/mol. The van der Waals surface area contributed by atoms with E-state index in [1.54, 1.807) is 0 Å². The van der Waals surface area contributed by atoms with Gasteiger partial charge in [-0.2, -0.15) is 5.10 Å². The van der Waals surface area contributed by atoms with Crippen molar-refractivity contribution >= 4 is 0 Å². The van der Waals surface area contributed by atoms with E-state index in [0.717, 1.165) is 24.7 Å². The predicted molar refractivity (Wildman–Crippen MR) is 87.2 cm³/mol. The molecule has 0 amide bonds. The molecule has 0 spiro atoms. The second kappa shape index (κ2) is 5.64. The quantitative estimate of drug-likeness (QED) is 0.911. The van der Waals surface area contributed by atoms with E-state index in [4.69, 9.17) is 5.10 Å². The van der Waals surface area contributed by atoms with Crippen molar-refractivity contribution in [3.63, 3.8) is 0 Å². The lowest BCUT2D eigenvalue weighted by atomic mass is 10.1. The maximum atomic E-state index is 4.77. The van der Waals surface area contributed by atoms with Gasteiger partial charge in [0.1, 0.15) is 0 Å². The molecule has 0 atom stereocenters. The van der Waals surface area contributed by atoms with E-state index in [2.05, 4.69) is 55.9 Å². The summed E-state index contributed by atoms with van der Waals surface area (Å²) in [5.41, 5.74) is 7.60. The van der Waals surface area contributed by atoms with Gasteiger partial charge in [0.2, 0.25) is 0 Å². The van der Waals surface area contributed by atoms with Gasteiger partial charge in [-0.05, 0) is 70.7 Å². The summed E-state index contributed by atoms with van der Waals surface area (Å²) < 4.78 is 2.11. The predicted octanol–water partition coefficient (Wildman–Crippen LogP) is 3.40. The van der Waals surface area contributed by atoms with Gasteiger partial charge in [-0.1, -0.05) is 17.7 Å². The summed E-state index contributed by atoms with van der Waals surface area (Å²) in [6, 6.07) is 7.34. The summed E-state index contributed by atoms with van der Waals surface area (Å²) in [7, 11) is 0. The van der Waals surface area contributed by atoms with Crippen LogP contribution in [0.2, 0.25) is 0 Å². The van der Waals surface area contributed by atoms with Crippen molar-refractivity contribution in [2.24, 2.45) is 0 Å². The van der Waals surface area contributed by atoms with Crippen molar-refractivity contribution in [2.45, 2.75) is 53.0 Å². The zero-order chi connectivity index (χ0) is 15.0. The molecule has 2 aromatic rings. The highest BCUT2D eigenvalue weighted by molar-refractivity contribution is 5.44. The fourth-order valence-corrected chi connectivity index (χ4v) is 3.00. The molecule has 0 radical (unpaired) electrons. The van der Waals surface area contributed by atoms with Gasteiger partial charge in [-0.15, -0.1) is 0 Å². The summed E-state index contributed by atoms with van der Waals surface area (Å²) in [4.78, 5) is 0. The SMILES string of the molecule is Cc1ccc(-n2nc(C)c(CCNC3CC3)c2C)c(C)c1. The number of nitrogens with zero attached hydrogens (tertiary/aromatic N) is 2. The maximum Gasteiger partial charge on any atom is 0.0678 e. The Morgan fingerprint density at radius 1 is 1.19 bits per heavy atom. The van der Waals surface area contributed by atoms with Crippen LogP contribution in [-0.2, 0) is 6.42 Å². The zero-order valence-corrected chi connectivity index (χ0v) is 13.5. The fraction of sp³-hybridized carbons (Fsp3) is 0.500. The molecule has 3 nitrogen and oxygen atoms in total. The van der Waals surface area contributed by atoms with Crippen LogP contribution in [0, 0.1) is 27.7 Å². The van der Waals surface area contributed by atoms with E-state index >= 15 is 0 Å². The van der Waals surface area contributed by atoms with Crippen molar-refractivity contribution in [1.29, 1.82) is 0 Å². The van der Waals surface area contributed by atoms with Crippen molar-refractivity contribution in [3.8, 4) is 5.69 Å². The largest absolute Gasteiger partial charge is 0.314 e. The van der Waals surface area contributed by atoms with Crippen LogP contribution in [0.1, 0.15) is 40.9 Å². The summed E-state index contributed by atoms with van der Waals surface area (Å²) in [5, 5.41) is 8.36. The fourth-order valence-electron chi connectivity index (χ4n) is 3.00. The molecule has 1 aliphatic carbocycles. The van der Waals surface area contributed by atoms with Gasteiger partial charge in [0.15, 0.2) is 0 Å². The van der Waals surface area contributed by atoms with Gasteiger partial charge in [0, 0.05) is 11.7 Å².